The first-order valence-corrected chi connectivity index (χ1v) is 8.14. The minimum Gasteiger partial charge on any atom is -0.378 e. The Balaban J connectivity index is 2.27. The minimum absolute atomic E-state index is 0.304. The Morgan fingerprint density at radius 3 is 2.77 bits per heavy atom. The van der Waals surface area contributed by atoms with Gasteiger partial charge >= 0.3 is 13.3 Å². The second kappa shape index (κ2) is 6.31. The van der Waals surface area contributed by atoms with Crippen LogP contribution in [0.1, 0.15) is 18.2 Å². The summed E-state index contributed by atoms with van der Waals surface area (Å²) >= 11 is 0. The third-order valence-electron chi connectivity index (χ3n) is 3.34. The normalized spacial score (nSPS) is 25.9. The molecule has 10 heteroatoms. The summed E-state index contributed by atoms with van der Waals surface area (Å²) in [5, 5.41) is 0. The Hall–Kier alpha value is -1.51. The quantitative estimate of drug-likeness (QED) is 0.653. The summed E-state index contributed by atoms with van der Waals surface area (Å²) in [4.78, 5) is 43.1. The van der Waals surface area contributed by atoms with Gasteiger partial charge in [-0.15, -0.1) is 0 Å². The van der Waals surface area contributed by atoms with E-state index < -0.39 is 37.3 Å². The average molecular weight is 332 g/mol. The SMILES string of the molecule is CO[C@@H]1C[C@H](n2cc(C)c(=O)[nH]c2=O)O[C@@H]1/C=C/P(=O)(O)O. The molecule has 1 aliphatic rings. The Morgan fingerprint density at radius 1 is 1.50 bits per heavy atom. The molecule has 9 nitrogen and oxygen atoms in total. The molecular weight excluding hydrogens is 315 g/mol. The van der Waals surface area contributed by atoms with E-state index in [9.17, 15) is 14.2 Å². The highest BCUT2D eigenvalue weighted by Crippen LogP contribution is 2.38. The third kappa shape index (κ3) is 3.82. The second-order valence-electron chi connectivity index (χ2n) is 4.97. The van der Waals surface area contributed by atoms with Crippen LogP contribution in [0, 0.1) is 6.92 Å². The highest BCUT2D eigenvalue weighted by molar-refractivity contribution is 7.55. The first kappa shape index (κ1) is 16.9. The smallest absolute Gasteiger partial charge is 0.348 e. The molecule has 1 fully saturated rings. The number of aromatic amines is 1. The van der Waals surface area contributed by atoms with Crippen molar-refractivity contribution >= 4 is 7.60 Å². The maximum Gasteiger partial charge on any atom is 0.348 e. The fourth-order valence-corrected chi connectivity index (χ4v) is 2.63. The molecular formula is C12H17N2O7P. The van der Waals surface area contributed by atoms with Crippen molar-refractivity contribution < 1.29 is 23.8 Å². The molecule has 0 radical (unpaired) electrons. The molecule has 0 spiro atoms. The van der Waals surface area contributed by atoms with E-state index in [1.807, 2.05) is 0 Å². The van der Waals surface area contributed by atoms with Gasteiger partial charge in [0, 0.05) is 31.1 Å². The van der Waals surface area contributed by atoms with Gasteiger partial charge in [-0.05, 0) is 13.0 Å². The summed E-state index contributed by atoms with van der Waals surface area (Å²) in [6, 6.07) is 0. The molecule has 0 aromatic carbocycles. The van der Waals surface area contributed by atoms with Crippen molar-refractivity contribution in [3.05, 3.63) is 44.5 Å². The van der Waals surface area contributed by atoms with Crippen LogP contribution in [0.5, 0.6) is 0 Å². The molecule has 0 bridgehead atoms. The van der Waals surface area contributed by atoms with E-state index in [1.165, 1.54) is 23.9 Å². The number of H-pyrrole nitrogens is 1. The van der Waals surface area contributed by atoms with Gasteiger partial charge in [0.1, 0.15) is 12.3 Å². The van der Waals surface area contributed by atoms with Crippen LogP contribution in [0.2, 0.25) is 0 Å². The van der Waals surface area contributed by atoms with Gasteiger partial charge in [-0.2, -0.15) is 0 Å². The van der Waals surface area contributed by atoms with Crippen molar-refractivity contribution in [3.63, 3.8) is 0 Å². The number of hydrogen-bond acceptors (Lipinski definition) is 5. The predicted molar refractivity (Wildman–Crippen MR) is 76.6 cm³/mol. The van der Waals surface area contributed by atoms with Crippen LogP contribution >= 0.6 is 7.60 Å². The molecule has 1 aliphatic heterocycles. The van der Waals surface area contributed by atoms with Crippen LogP contribution in [0.3, 0.4) is 0 Å². The molecule has 3 atom stereocenters. The first-order valence-electron chi connectivity index (χ1n) is 6.46. The molecule has 22 heavy (non-hydrogen) atoms. The Kier molecular flexibility index (Phi) is 4.84. The maximum absolute atomic E-state index is 11.8. The van der Waals surface area contributed by atoms with E-state index in [0.29, 0.717) is 12.0 Å². The van der Waals surface area contributed by atoms with Gasteiger partial charge in [-0.1, -0.05) is 0 Å². The molecule has 0 unspecified atom stereocenters. The van der Waals surface area contributed by atoms with Crippen molar-refractivity contribution in [2.45, 2.75) is 31.8 Å². The number of methoxy groups -OCH3 is 1. The van der Waals surface area contributed by atoms with E-state index in [2.05, 4.69) is 4.98 Å². The first-order chi connectivity index (χ1) is 10.2. The van der Waals surface area contributed by atoms with E-state index in [0.717, 1.165) is 5.82 Å². The lowest BCUT2D eigenvalue weighted by Gasteiger charge is -2.14. The zero-order chi connectivity index (χ0) is 16.5. The largest absolute Gasteiger partial charge is 0.378 e. The van der Waals surface area contributed by atoms with Crippen molar-refractivity contribution in [1.29, 1.82) is 0 Å². The van der Waals surface area contributed by atoms with Crippen molar-refractivity contribution in [2.75, 3.05) is 7.11 Å². The number of hydrogen-bond donors (Lipinski definition) is 3. The van der Waals surface area contributed by atoms with Gasteiger partial charge in [-0.25, -0.2) is 4.79 Å². The van der Waals surface area contributed by atoms with Crippen LogP contribution < -0.4 is 11.2 Å². The number of ether oxygens (including phenoxy) is 2. The fraction of sp³-hybridized carbons (Fsp3) is 0.500. The Morgan fingerprint density at radius 2 is 2.18 bits per heavy atom. The summed E-state index contributed by atoms with van der Waals surface area (Å²) in [6.07, 6.45) is 1.04. The molecule has 0 aliphatic carbocycles. The Bertz CT molecular complexity index is 732. The average Bonchev–Trinajstić information content (AvgIpc) is 2.83. The topological polar surface area (TPSA) is 131 Å². The molecule has 1 aromatic rings. The van der Waals surface area contributed by atoms with Crippen LogP contribution in [0.15, 0.2) is 27.7 Å². The zero-order valence-electron chi connectivity index (χ0n) is 12.0. The molecule has 3 N–H and O–H groups in total. The third-order valence-corrected chi connectivity index (χ3v) is 3.90. The fourth-order valence-electron chi connectivity index (χ4n) is 2.23. The lowest BCUT2D eigenvalue weighted by Crippen LogP contribution is -2.33. The summed E-state index contributed by atoms with van der Waals surface area (Å²) in [5.41, 5.74) is -0.734. The molecule has 1 aromatic heterocycles. The van der Waals surface area contributed by atoms with Crippen molar-refractivity contribution in [2.24, 2.45) is 0 Å². The molecule has 0 amide bonds. The highest BCUT2D eigenvalue weighted by Gasteiger charge is 2.35. The number of nitrogens with zero attached hydrogens (tertiary/aromatic N) is 1. The molecule has 122 valence electrons. The molecule has 2 rings (SSSR count). The second-order valence-corrected chi connectivity index (χ2v) is 6.45. The number of rotatable bonds is 4. The van der Waals surface area contributed by atoms with Crippen LogP contribution in [0.25, 0.3) is 0 Å². The van der Waals surface area contributed by atoms with Gasteiger partial charge in [0.05, 0.1) is 6.10 Å². The lowest BCUT2D eigenvalue weighted by atomic mass is 10.2. The van der Waals surface area contributed by atoms with Crippen molar-refractivity contribution in [3.8, 4) is 0 Å². The monoisotopic (exact) mass is 332 g/mol. The summed E-state index contributed by atoms with van der Waals surface area (Å²) < 4.78 is 22.9. The van der Waals surface area contributed by atoms with Crippen molar-refractivity contribution in [1.82, 2.24) is 9.55 Å². The Labute approximate surface area is 125 Å². The summed E-state index contributed by atoms with van der Waals surface area (Å²) in [6.45, 7) is 1.56. The number of nitrogens with one attached hydrogen (secondary N) is 1. The standard InChI is InChI=1S/C12H17N2O7P/c1-7-6-14(12(16)13-11(7)15)10-5-9(20-2)8(21-10)3-4-22(17,18)19/h3-4,6,8-10H,5H2,1-2H3,(H,13,15,16)(H2,17,18,19)/b4-3+/t8-,9-,10-/m1/s1. The highest BCUT2D eigenvalue weighted by atomic mass is 31.2. The van der Waals surface area contributed by atoms with Crippen LogP contribution in [-0.2, 0) is 14.0 Å². The van der Waals surface area contributed by atoms with Gasteiger partial charge in [0.25, 0.3) is 5.56 Å². The maximum atomic E-state index is 11.8. The molecule has 1 saturated heterocycles. The summed E-state index contributed by atoms with van der Waals surface area (Å²) in [5.74, 6) is 0.743. The van der Waals surface area contributed by atoms with E-state index in [-0.39, 0.29) is 0 Å². The lowest BCUT2D eigenvalue weighted by molar-refractivity contribution is -0.00352. The van der Waals surface area contributed by atoms with Crippen LogP contribution in [0.4, 0.5) is 0 Å². The van der Waals surface area contributed by atoms with Gasteiger partial charge in [-0.3, -0.25) is 18.9 Å². The van der Waals surface area contributed by atoms with E-state index in [1.54, 1.807) is 6.92 Å². The van der Waals surface area contributed by atoms with Crippen LogP contribution in [-0.4, -0.2) is 38.7 Å². The number of aryl methyl sites for hydroxylation is 1. The molecule has 0 saturated carbocycles. The van der Waals surface area contributed by atoms with Gasteiger partial charge in [0.2, 0.25) is 0 Å². The summed E-state index contributed by atoms with van der Waals surface area (Å²) in [7, 11) is -2.86. The van der Waals surface area contributed by atoms with Gasteiger partial charge in [0.15, 0.2) is 0 Å². The van der Waals surface area contributed by atoms with E-state index in [4.69, 9.17) is 19.3 Å². The number of aromatic nitrogens is 2. The minimum atomic E-state index is -4.30. The zero-order valence-corrected chi connectivity index (χ0v) is 12.9. The molecule has 2 heterocycles. The van der Waals surface area contributed by atoms with Gasteiger partial charge < -0.3 is 19.3 Å². The van der Waals surface area contributed by atoms with E-state index >= 15 is 0 Å². The predicted octanol–water partition coefficient (Wildman–Crippen LogP) is -0.161.